The highest BCUT2D eigenvalue weighted by atomic mass is 32.2. The molecule has 2 N–H and O–H groups in total. The third-order valence-electron chi connectivity index (χ3n) is 2.61. The van der Waals surface area contributed by atoms with Crippen LogP contribution in [0.15, 0.2) is 34.9 Å². The Morgan fingerprint density at radius 2 is 2.00 bits per heavy atom. The lowest BCUT2D eigenvalue weighted by Crippen LogP contribution is -2.14. The van der Waals surface area contributed by atoms with E-state index in [9.17, 15) is 8.42 Å². The van der Waals surface area contributed by atoms with Crippen molar-refractivity contribution in [2.75, 3.05) is 12.8 Å². The van der Waals surface area contributed by atoms with Crippen molar-refractivity contribution in [1.82, 2.24) is 10.1 Å². The van der Waals surface area contributed by atoms with E-state index in [-0.39, 0.29) is 17.5 Å². The van der Waals surface area contributed by atoms with Crippen LogP contribution in [-0.2, 0) is 15.6 Å². The van der Waals surface area contributed by atoms with Gasteiger partial charge < -0.3 is 10.3 Å². The highest BCUT2D eigenvalue weighted by molar-refractivity contribution is 7.89. The van der Waals surface area contributed by atoms with Gasteiger partial charge >= 0.3 is 0 Å². The average molecular weight is 281 g/mol. The van der Waals surface area contributed by atoms with Gasteiger partial charge in [0.15, 0.2) is 15.7 Å². The molecule has 0 radical (unpaired) electrons. The fraction of sp³-hybridized carbons (Fsp3) is 0.333. The van der Waals surface area contributed by atoms with Crippen LogP contribution in [0.5, 0.6) is 0 Å². The van der Waals surface area contributed by atoms with Crippen LogP contribution in [0.2, 0.25) is 0 Å². The quantitative estimate of drug-likeness (QED) is 0.866. The molecule has 1 atom stereocenters. The van der Waals surface area contributed by atoms with Crippen molar-refractivity contribution in [2.24, 2.45) is 5.73 Å². The van der Waals surface area contributed by atoms with Crippen LogP contribution >= 0.6 is 0 Å². The zero-order valence-corrected chi connectivity index (χ0v) is 11.3. The van der Waals surface area contributed by atoms with E-state index in [2.05, 4.69) is 10.1 Å². The molecule has 0 fully saturated rings. The Hall–Kier alpha value is -1.73. The van der Waals surface area contributed by atoms with Crippen molar-refractivity contribution in [3.8, 4) is 0 Å². The van der Waals surface area contributed by atoms with Crippen molar-refractivity contribution in [3.05, 3.63) is 47.6 Å². The number of nitrogens with zero attached hydrogens (tertiary/aromatic N) is 2. The van der Waals surface area contributed by atoms with E-state index in [1.54, 1.807) is 0 Å². The molecule has 2 rings (SSSR count). The van der Waals surface area contributed by atoms with E-state index in [1.807, 2.05) is 30.3 Å². The molecule has 0 aliphatic heterocycles. The van der Waals surface area contributed by atoms with Crippen molar-refractivity contribution in [2.45, 2.75) is 11.7 Å². The Labute approximate surface area is 111 Å². The summed E-state index contributed by atoms with van der Waals surface area (Å²) in [6.45, 7) is 0.310. The van der Waals surface area contributed by atoms with Crippen molar-refractivity contribution >= 4 is 9.84 Å². The zero-order chi connectivity index (χ0) is 13.9. The van der Waals surface area contributed by atoms with Crippen LogP contribution in [-0.4, -0.2) is 31.4 Å². The summed E-state index contributed by atoms with van der Waals surface area (Å²) in [4.78, 5) is 4.11. The Morgan fingerprint density at radius 3 is 2.58 bits per heavy atom. The van der Waals surface area contributed by atoms with E-state index in [0.717, 1.165) is 11.8 Å². The van der Waals surface area contributed by atoms with Gasteiger partial charge in [-0.3, -0.25) is 0 Å². The van der Waals surface area contributed by atoms with E-state index < -0.39 is 9.84 Å². The lowest BCUT2D eigenvalue weighted by Gasteiger charge is -2.09. The van der Waals surface area contributed by atoms with E-state index >= 15 is 0 Å². The Morgan fingerprint density at radius 1 is 1.32 bits per heavy atom. The van der Waals surface area contributed by atoms with Crippen LogP contribution in [0, 0.1) is 0 Å². The fourth-order valence-corrected chi connectivity index (χ4v) is 2.35. The highest BCUT2D eigenvalue weighted by Crippen LogP contribution is 2.22. The molecule has 0 saturated carbocycles. The van der Waals surface area contributed by atoms with E-state index in [4.69, 9.17) is 10.3 Å². The smallest absolute Gasteiger partial charge is 0.235 e. The van der Waals surface area contributed by atoms with Gasteiger partial charge in [0, 0.05) is 12.8 Å². The van der Waals surface area contributed by atoms with Gasteiger partial charge in [0.25, 0.3) is 0 Å². The minimum atomic E-state index is -3.18. The first-order valence-corrected chi connectivity index (χ1v) is 7.81. The van der Waals surface area contributed by atoms with Gasteiger partial charge in [-0.05, 0) is 5.56 Å². The van der Waals surface area contributed by atoms with Crippen LogP contribution in [0.3, 0.4) is 0 Å². The average Bonchev–Trinajstić information content (AvgIpc) is 2.77. The normalized spacial score (nSPS) is 13.4. The standard InChI is InChI=1S/C12H15N3O3S/c1-19(16,17)8-11-14-12(18-15-11)10(7-13)9-5-3-2-4-6-9/h2-6,10H,7-8,13H2,1H3. The largest absolute Gasteiger partial charge is 0.339 e. The predicted molar refractivity (Wildman–Crippen MR) is 70.2 cm³/mol. The first-order valence-electron chi connectivity index (χ1n) is 5.75. The molecular weight excluding hydrogens is 266 g/mol. The lowest BCUT2D eigenvalue weighted by atomic mass is 9.99. The van der Waals surface area contributed by atoms with Crippen molar-refractivity contribution < 1.29 is 12.9 Å². The van der Waals surface area contributed by atoms with Gasteiger partial charge in [-0.1, -0.05) is 35.5 Å². The summed E-state index contributed by atoms with van der Waals surface area (Å²) in [5.74, 6) is 0.0454. The second-order valence-electron chi connectivity index (χ2n) is 4.32. The summed E-state index contributed by atoms with van der Waals surface area (Å²) in [5, 5.41) is 3.68. The highest BCUT2D eigenvalue weighted by Gasteiger charge is 2.20. The monoisotopic (exact) mass is 281 g/mol. The molecule has 0 spiro atoms. The van der Waals surface area contributed by atoms with Gasteiger partial charge in [-0.15, -0.1) is 0 Å². The maximum Gasteiger partial charge on any atom is 0.235 e. The summed E-state index contributed by atoms with van der Waals surface area (Å²) < 4.78 is 27.5. The van der Waals surface area contributed by atoms with Gasteiger partial charge in [-0.2, -0.15) is 4.98 Å². The molecule has 7 heteroatoms. The predicted octanol–water partition coefficient (Wildman–Crippen LogP) is 0.705. The third-order valence-corrected chi connectivity index (χ3v) is 3.39. The summed E-state index contributed by atoms with van der Waals surface area (Å²) in [5.41, 5.74) is 6.69. The molecule has 0 aliphatic carbocycles. The summed E-state index contributed by atoms with van der Waals surface area (Å²) in [6.07, 6.45) is 1.13. The van der Waals surface area contributed by atoms with Crippen molar-refractivity contribution in [1.29, 1.82) is 0 Å². The second-order valence-corrected chi connectivity index (χ2v) is 6.46. The van der Waals surface area contributed by atoms with Gasteiger partial charge in [0.2, 0.25) is 5.89 Å². The molecule has 1 unspecified atom stereocenters. The number of rotatable bonds is 5. The molecule has 0 amide bonds. The molecule has 6 nitrogen and oxygen atoms in total. The molecule has 1 aromatic carbocycles. The second kappa shape index (κ2) is 5.50. The molecule has 19 heavy (non-hydrogen) atoms. The molecule has 0 bridgehead atoms. The Kier molecular flexibility index (Phi) is 3.96. The molecule has 102 valence electrons. The van der Waals surface area contributed by atoms with Crippen LogP contribution in [0.4, 0.5) is 0 Å². The molecule has 2 aromatic rings. The molecule has 0 saturated heterocycles. The molecule has 0 aliphatic rings. The summed E-state index contributed by atoms with van der Waals surface area (Å²) in [6, 6.07) is 9.52. The number of aromatic nitrogens is 2. The number of sulfone groups is 1. The summed E-state index contributed by atoms with van der Waals surface area (Å²) in [7, 11) is -3.18. The van der Waals surface area contributed by atoms with Gasteiger partial charge in [-0.25, -0.2) is 8.42 Å². The zero-order valence-electron chi connectivity index (χ0n) is 10.5. The maximum absolute atomic E-state index is 11.2. The molecule has 1 heterocycles. The number of benzene rings is 1. The first kappa shape index (κ1) is 13.7. The van der Waals surface area contributed by atoms with E-state index in [1.165, 1.54) is 0 Å². The molecular formula is C12H15N3O3S. The SMILES string of the molecule is CS(=O)(=O)Cc1noc(C(CN)c2ccccc2)n1. The minimum absolute atomic E-state index is 0.159. The number of nitrogens with two attached hydrogens (primary N) is 1. The molecule has 1 aromatic heterocycles. The topological polar surface area (TPSA) is 99.1 Å². The Bertz CT molecular complexity index is 637. The number of hydrogen-bond acceptors (Lipinski definition) is 6. The van der Waals surface area contributed by atoms with Crippen LogP contribution in [0.1, 0.15) is 23.2 Å². The lowest BCUT2D eigenvalue weighted by molar-refractivity contribution is 0.363. The first-order chi connectivity index (χ1) is 8.99. The third kappa shape index (κ3) is 3.62. The fourth-order valence-electron chi connectivity index (χ4n) is 1.77. The minimum Gasteiger partial charge on any atom is -0.339 e. The van der Waals surface area contributed by atoms with Crippen molar-refractivity contribution in [3.63, 3.8) is 0 Å². The van der Waals surface area contributed by atoms with E-state index in [0.29, 0.717) is 12.4 Å². The summed E-state index contributed by atoms with van der Waals surface area (Å²) >= 11 is 0. The van der Waals surface area contributed by atoms with Gasteiger partial charge in [0.1, 0.15) is 5.75 Å². The number of hydrogen-bond donors (Lipinski definition) is 1. The maximum atomic E-state index is 11.2. The Balaban J connectivity index is 2.26. The van der Waals surface area contributed by atoms with Crippen LogP contribution < -0.4 is 5.73 Å². The van der Waals surface area contributed by atoms with Crippen LogP contribution in [0.25, 0.3) is 0 Å². The van der Waals surface area contributed by atoms with Gasteiger partial charge in [0.05, 0.1) is 5.92 Å².